The molecule has 0 radical (unpaired) electrons. The number of hydrogen-bond acceptors (Lipinski definition) is 0. The van der Waals surface area contributed by atoms with Gasteiger partial charge in [-0.15, -0.1) is 23.8 Å². The Kier molecular flexibility index (Phi) is 4.71. The van der Waals surface area contributed by atoms with Crippen LogP contribution in [0, 0.1) is 12.1 Å². The first-order valence-corrected chi connectivity index (χ1v) is 5.98. The van der Waals surface area contributed by atoms with Crippen molar-refractivity contribution in [1.29, 1.82) is 0 Å². The number of hydrogen-bond donors (Lipinski definition) is 0. The van der Waals surface area contributed by atoms with Gasteiger partial charge in [0.2, 0.25) is 0 Å². The first kappa shape index (κ1) is 13.8. The normalized spacial score (nSPS) is 9.68. The summed E-state index contributed by atoms with van der Waals surface area (Å²) >= 11 is 0. The third-order valence-corrected chi connectivity index (χ3v) is 2.92. The predicted octanol–water partition coefficient (Wildman–Crippen LogP) is 4.62. The van der Waals surface area contributed by atoms with Gasteiger partial charge in [0, 0.05) is 0 Å². The Morgan fingerprint density at radius 1 is 0.632 bits per heavy atom. The zero-order valence-electron chi connectivity index (χ0n) is 10.3. The molecule has 0 aliphatic carbocycles. The zero-order valence-corrected chi connectivity index (χ0v) is 13.3. The second-order valence-electron chi connectivity index (χ2n) is 4.10. The van der Waals surface area contributed by atoms with Gasteiger partial charge >= 0.3 is 21.1 Å². The Balaban J connectivity index is 0.00000133. The molecule has 0 atom stereocenters. The molecule has 19 heavy (non-hydrogen) atoms. The molecule has 0 N–H and O–H groups in total. The monoisotopic (exact) mass is 412 g/mol. The molecule has 0 nitrogen and oxygen atoms in total. The molecular formula is C18H12W. The maximum absolute atomic E-state index is 3.32. The fourth-order valence-electron chi connectivity index (χ4n) is 2.07. The first-order valence-electron chi connectivity index (χ1n) is 5.98. The van der Waals surface area contributed by atoms with E-state index < -0.39 is 0 Å². The molecule has 0 heterocycles. The van der Waals surface area contributed by atoms with Gasteiger partial charge in [0.25, 0.3) is 0 Å². The minimum absolute atomic E-state index is 0. The van der Waals surface area contributed by atoms with E-state index in [2.05, 4.69) is 48.5 Å². The van der Waals surface area contributed by atoms with E-state index in [0.717, 1.165) is 11.1 Å². The van der Waals surface area contributed by atoms with Crippen molar-refractivity contribution in [3.8, 4) is 22.3 Å². The van der Waals surface area contributed by atoms with Gasteiger partial charge < -0.3 is 0 Å². The van der Waals surface area contributed by atoms with E-state index >= 15 is 0 Å². The summed E-state index contributed by atoms with van der Waals surface area (Å²) in [6, 6.07) is 31.1. The van der Waals surface area contributed by atoms with Gasteiger partial charge in [0.15, 0.2) is 0 Å². The molecule has 3 rings (SSSR count). The van der Waals surface area contributed by atoms with Crippen molar-refractivity contribution in [2.24, 2.45) is 0 Å². The summed E-state index contributed by atoms with van der Waals surface area (Å²) in [5.41, 5.74) is 4.59. The molecule has 0 saturated carbocycles. The molecule has 0 unspecified atom stereocenters. The summed E-state index contributed by atoms with van der Waals surface area (Å²) in [5.74, 6) is 0. The van der Waals surface area contributed by atoms with Crippen LogP contribution >= 0.6 is 0 Å². The van der Waals surface area contributed by atoms with E-state index in [4.69, 9.17) is 0 Å². The van der Waals surface area contributed by atoms with Gasteiger partial charge in [-0.3, -0.25) is 0 Å². The third kappa shape index (κ3) is 3.03. The van der Waals surface area contributed by atoms with Crippen LogP contribution in [0.4, 0.5) is 0 Å². The van der Waals surface area contributed by atoms with Crippen molar-refractivity contribution in [3.05, 3.63) is 84.9 Å². The molecule has 3 aromatic rings. The fraction of sp³-hybridized carbons (Fsp3) is 0. The van der Waals surface area contributed by atoms with Gasteiger partial charge in [-0.25, -0.2) is 11.1 Å². The van der Waals surface area contributed by atoms with Gasteiger partial charge in [0.1, 0.15) is 0 Å². The van der Waals surface area contributed by atoms with Crippen molar-refractivity contribution in [3.63, 3.8) is 0 Å². The van der Waals surface area contributed by atoms with Crippen LogP contribution in [0.3, 0.4) is 0 Å². The summed E-state index contributed by atoms with van der Waals surface area (Å²) in [7, 11) is 0. The van der Waals surface area contributed by atoms with Gasteiger partial charge in [-0.05, 0) is 0 Å². The first-order chi connectivity index (χ1) is 8.95. The van der Waals surface area contributed by atoms with Gasteiger partial charge in [0.05, 0.1) is 0 Å². The maximum Gasteiger partial charge on any atom is 2.00 e. The van der Waals surface area contributed by atoms with Crippen molar-refractivity contribution in [2.45, 2.75) is 0 Å². The Morgan fingerprint density at radius 2 is 1.37 bits per heavy atom. The van der Waals surface area contributed by atoms with E-state index in [0.29, 0.717) is 0 Å². The van der Waals surface area contributed by atoms with Crippen LogP contribution in [0.2, 0.25) is 0 Å². The van der Waals surface area contributed by atoms with Crippen LogP contribution in [0.15, 0.2) is 72.8 Å². The number of rotatable bonds is 2. The molecule has 1 heteroatoms. The van der Waals surface area contributed by atoms with E-state index in [1.807, 2.05) is 36.4 Å². The van der Waals surface area contributed by atoms with E-state index in [9.17, 15) is 0 Å². The molecule has 0 aromatic heterocycles. The van der Waals surface area contributed by atoms with Crippen LogP contribution in [0.1, 0.15) is 0 Å². The van der Waals surface area contributed by atoms with E-state index in [-0.39, 0.29) is 21.1 Å². The van der Waals surface area contributed by atoms with E-state index in [1.165, 1.54) is 11.1 Å². The molecule has 0 fully saturated rings. The molecule has 3 aromatic carbocycles. The Bertz CT molecular complexity index is 572. The van der Waals surface area contributed by atoms with E-state index in [1.54, 1.807) is 0 Å². The minimum atomic E-state index is 0. The average molecular weight is 412 g/mol. The topological polar surface area (TPSA) is 0 Å². The molecule has 0 bridgehead atoms. The van der Waals surface area contributed by atoms with Gasteiger partial charge in [-0.2, -0.15) is 36.4 Å². The second-order valence-corrected chi connectivity index (χ2v) is 4.10. The van der Waals surface area contributed by atoms with Crippen molar-refractivity contribution in [2.75, 3.05) is 0 Å². The summed E-state index contributed by atoms with van der Waals surface area (Å²) < 4.78 is 0. The standard InChI is InChI=1S/C18H12.W/c1-3-9-15(10-4-1)17-13-7-8-14-18(17)16-11-5-2-6-12-16;/h1-11,13H;/q-2;+2. The Labute approximate surface area is 128 Å². The second kappa shape index (κ2) is 6.50. The molecule has 0 aliphatic rings. The average Bonchev–Trinajstić information content (AvgIpc) is 2.49. The summed E-state index contributed by atoms with van der Waals surface area (Å²) in [5, 5.41) is 0. The quantitative estimate of drug-likeness (QED) is 0.540. The van der Waals surface area contributed by atoms with Crippen molar-refractivity contribution in [1.82, 2.24) is 0 Å². The SMILES string of the molecule is [W+2].[c-]1ccccc1-c1[c-]cccc1-c1ccccc1. The fourth-order valence-corrected chi connectivity index (χ4v) is 2.07. The summed E-state index contributed by atoms with van der Waals surface area (Å²) in [6.07, 6.45) is 0. The molecule has 0 saturated heterocycles. The maximum atomic E-state index is 3.32. The molecule has 0 amide bonds. The molecular weight excluding hydrogens is 400 g/mol. The molecule has 0 spiro atoms. The van der Waals surface area contributed by atoms with Crippen LogP contribution in [-0.4, -0.2) is 0 Å². The molecule has 0 aliphatic heterocycles. The largest absolute Gasteiger partial charge is 2.00 e. The van der Waals surface area contributed by atoms with Crippen molar-refractivity contribution >= 4 is 0 Å². The van der Waals surface area contributed by atoms with Crippen LogP contribution < -0.4 is 0 Å². The third-order valence-electron chi connectivity index (χ3n) is 2.92. The Hall–Kier alpha value is -1.65. The smallest absolute Gasteiger partial charge is 0.226 e. The molecule has 90 valence electrons. The minimum Gasteiger partial charge on any atom is -0.226 e. The van der Waals surface area contributed by atoms with Crippen LogP contribution in [-0.2, 0) is 21.1 Å². The van der Waals surface area contributed by atoms with Crippen LogP contribution in [0.25, 0.3) is 22.3 Å². The zero-order chi connectivity index (χ0) is 12.2. The summed E-state index contributed by atoms with van der Waals surface area (Å²) in [4.78, 5) is 0. The van der Waals surface area contributed by atoms with Gasteiger partial charge in [-0.1, -0.05) is 35.9 Å². The van der Waals surface area contributed by atoms with Crippen molar-refractivity contribution < 1.29 is 21.1 Å². The predicted molar refractivity (Wildman–Crippen MR) is 75.0 cm³/mol. The summed E-state index contributed by atoms with van der Waals surface area (Å²) in [6.45, 7) is 0. The Morgan fingerprint density at radius 3 is 2.11 bits per heavy atom. The number of benzene rings is 3. The van der Waals surface area contributed by atoms with Crippen LogP contribution in [0.5, 0.6) is 0 Å².